The maximum atomic E-state index is 11.9. The Morgan fingerprint density at radius 3 is 2.52 bits per heavy atom. The Morgan fingerprint density at radius 1 is 1.12 bits per heavy atom. The second-order valence-corrected chi connectivity index (χ2v) is 6.13. The van der Waals surface area contributed by atoms with Gasteiger partial charge in [0.05, 0.1) is 5.52 Å². The number of azo groups is 1. The van der Waals surface area contributed by atoms with Crippen LogP contribution < -0.4 is 5.32 Å². The minimum Gasteiger partial charge on any atom is -0.493 e. The Balaban J connectivity index is 1.80. The Bertz CT molecular complexity index is 993. The number of amides is 2. The van der Waals surface area contributed by atoms with Gasteiger partial charge in [0.2, 0.25) is 5.88 Å². The molecule has 7 nitrogen and oxygen atoms in total. The van der Waals surface area contributed by atoms with Crippen LogP contribution in [0.4, 0.5) is 11.4 Å². The largest absolute Gasteiger partial charge is 0.493 e. The number of benzene rings is 2. The van der Waals surface area contributed by atoms with E-state index in [1.54, 1.807) is 49.5 Å². The van der Waals surface area contributed by atoms with Crippen LogP contribution in [-0.4, -0.2) is 21.5 Å². The molecule has 0 atom stereocenters. The first-order valence-electron chi connectivity index (χ1n) is 7.26. The third kappa shape index (κ3) is 3.43. The highest BCUT2D eigenvalue weighted by Crippen LogP contribution is 2.37. The van der Waals surface area contributed by atoms with Crippen LogP contribution in [0.3, 0.4) is 0 Å². The fourth-order valence-corrected chi connectivity index (χ4v) is 2.58. The van der Waals surface area contributed by atoms with Crippen molar-refractivity contribution >= 4 is 50.0 Å². The van der Waals surface area contributed by atoms with Crippen LogP contribution in [0.25, 0.3) is 10.9 Å². The number of aromatic nitrogens is 1. The van der Waals surface area contributed by atoms with Gasteiger partial charge in [-0.3, -0.25) is 9.59 Å². The third-order valence-corrected chi connectivity index (χ3v) is 4.12. The summed E-state index contributed by atoms with van der Waals surface area (Å²) >= 11 is 3.28. The van der Waals surface area contributed by atoms with Crippen molar-refractivity contribution in [2.24, 2.45) is 17.3 Å². The SMILES string of the molecule is Cn1c(O)c(N=NC(=O)C(=O)Nc2ccc(Br)cc2)c2ccccc21. The van der Waals surface area contributed by atoms with Crippen molar-refractivity contribution in [1.29, 1.82) is 0 Å². The molecule has 0 bridgehead atoms. The molecule has 2 N–H and O–H groups in total. The molecule has 0 radical (unpaired) electrons. The second-order valence-electron chi connectivity index (χ2n) is 5.21. The van der Waals surface area contributed by atoms with Gasteiger partial charge in [0, 0.05) is 22.6 Å². The van der Waals surface area contributed by atoms with Gasteiger partial charge in [-0.25, -0.2) is 0 Å². The van der Waals surface area contributed by atoms with Crippen LogP contribution >= 0.6 is 15.9 Å². The number of carbonyl (C=O) groups is 2. The highest BCUT2D eigenvalue weighted by atomic mass is 79.9. The zero-order valence-electron chi connectivity index (χ0n) is 13.1. The molecule has 0 fully saturated rings. The smallest absolute Gasteiger partial charge is 0.353 e. The van der Waals surface area contributed by atoms with E-state index in [-0.39, 0.29) is 11.6 Å². The number of nitrogens with zero attached hydrogens (tertiary/aromatic N) is 3. The molecule has 3 aromatic rings. The molecular formula is C17H13BrN4O3. The minimum absolute atomic E-state index is 0.133. The van der Waals surface area contributed by atoms with Crippen molar-refractivity contribution in [2.45, 2.75) is 0 Å². The molecule has 3 rings (SSSR count). The average molecular weight is 401 g/mol. The lowest BCUT2D eigenvalue weighted by Gasteiger charge is -2.01. The van der Waals surface area contributed by atoms with Crippen LogP contribution in [0.5, 0.6) is 5.88 Å². The molecule has 0 aliphatic rings. The lowest BCUT2D eigenvalue weighted by Crippen LogP contribution is -2.20. The molecule has 0 aliphatic heterocycles. The Labute approximate surface area is 151 Å². The molecule has 0 spiro atoms. The normalized spacial score (nSPS) is 11.1. The molecule has 126 valence electrons. The van der Waals surface area contributed by atoms with Gasteiger partial charge in [0.25, 0.3) is 0 Å². The number of aryl methyl sites for hydroxylation is 1. The molecule has 0 saturated heterocycles. The summed E-state index contributed by atoms with van der Waals surface area (Å²) in [5.41, 5.74) is 1.34. The number of para-hydroxylation sites is 1. The van der Waals surface area contributed by atoms with Gasteiger partial charge in [-0.15, -0.1) is 10.2 Å². The first-order valence-corrected chi connectivity index (χ1v) is 8.05. The summed E-state index contributed by atoms with van der Waals surface area (Å²) in [5, 5.41) is 20.4. The average Bonchev–Trinajstić information content (AvgIpc) is 2.86. The molecule has 2 aromatic carbocycles. The van der Waals surface area contributed by atoms with E-state index in [2.05, 4.69) is 31.5 Å². The zero-order chi connectivity index (χ0) is 18.0. The lowest BCUT2D eigenvalue weighted by molar-refractivity contribution is -0.134. The van der Waals surface area contributed by atoms with E-state index in [1.807, 2.05) is 6.07 Å². The molecule has 2 amide bonds. The van der Waals surface area contributed by atoms with Gasteiger partial charge in [0.15, 0.2) is 5.69 Å². The summed E-state index contributed by atoms with van der Waals surface area (Å²) in [7, 11) is 1.67. The monoisotopic (exact) mass is 400 g/mol. The Morgan fingerprint density at radius 2 is 1.80 bits per heavy atom. The molecule has 1 heterocycles. The van der Waals surface area contributed by atoms with E-state index in [4.69, 9.17) is 0 Å². The molecule has 0 aliphatic carbocycles. The molecule has 25 heavy (non-hydrogen) atoms. The molecule has 0 saturated carbocycles. The summed E-state index contributed by atoms with van der Waals surface area (Å²) in [6, 6.07) is 13.9. The fraction of sp³-hybridized carbons (Fsp3) is 0.0588. The molecular weight excluding hydrogens is 388 g/mol. The number of hydrogen-bond donors (Lipinski definition) is 2. The summed E-state index contributed by atoms with van der Waals surface area (Å²) in [6.45, 7) is 0. The van der Waals surface area contributed by atoms with Gasteiger partial charge in [-0.2, -0.15) is 0 Å². The zero-order valence-corrected chi connectivity index (χ0v) is 14.7. The second kappa shape index (κ2) is 6.86. The predicted octanol–water partition coefficient (Wildman–Crippen LogP) is 3.90. The number of aromatic hydroxyl groups is 1. The van der Waals surface area contributed by atoms with Gasteiger partial charge in [-0.05, 0) is 30.3 Å². The van der Waals surface area contributed by atoms with E-state index < -0.39 is 11.8 Å². The first kappa shape index (κ1) is 16.8. The third-order valence-electron chi connectivity index (χ3n) is 3.59. The summed E-state index contributed by atoms with van der Waals surface area (Å²) < 4.78 is 2.37. The molecule has 0 unspecified atom stereocenters. The van der Waals surface area contributed by atoms with Crippen molar-refractivity contribution in [1.82, 2.24) is 4.57 Å². The summed E-state index contributed by atoms with van der Waals surface area (Å²) in [6.07, 6.45) is 0. The number of fused-ring (bicyclic) bond motifs is 1. The van der Waals surface area contributed by atoms with Crippen molar-refractivity contribution in [2.75, 3.05) is 5.32 Å². The van der Waals surface area contributed by atoms with Crippen LogP contribution in [-0.2, 0) is 16.6 Å². The van der Waals surface area contributed by atoms with Crippen molar-refractivity contribution in [3.05, 3.63) is 53.0 Å². The molecule has 8 heteroatoms. The Hall–Kier alpha value is -3.00. The summed E-state index contributed by atoms with van der Waals surface area (Å²) in [4.78, 5) is 23.8. The molecule has 1 aromatic heterocycles. The van der Waals surface area contributed by atoms with Gasteiger partial charge in [0.1, 0.15) is 0 Å². The number of carbonyl (C=O) groups excluding carboxylic acids is 2. The standard InChI is InChI=1S/C17H13BrN4O3/c1-22-13-5-3-2-4-12(13)14(17(22)25)20-21-16(24)15(23)19-11-8-6-10(18)7-9-11/h2-9,25H,1H3,(H,19,23). The van der Waals surface area contributed by atoms with Crippen LogP contribution in [0.15, 0.2) is 63.2 Å². The maximum absolute atomic E-state index is 11.9. The van der Waals surface area contributed by atoms with E-state index in [0.717, 1.165) is 9.99 Å². The van der Waals surface area contributed by atoms with E-state index >= 15 is 0 Å². The van der Waals surface area contributed by atoms with Crippen LogP contribution in [0, 0.1) is 0 Å². The van der Waals surface area contributed by atoms with E-state index in [0.29, 0.717) is 11.1 Å². The number of halogens is 1. The van der Waals surface area contributed by atoms with Gasteiger partial charge >= 0.3 is 11.8 Å². The van der Waals surface area contributed by atoms with Crippen molar-refractivity contribution in [3.63, 3.8) is 0 Å². The minimum atomic E-state index is -1.06. The predicted molar refractivity (Wildman–Crippen MR) is 96.9 cm³/mol. The van der Waals surface area contributed by atoms with Crippen molar-refractivity contribution < 1.29 is 14.7 Å². The van der Waals surface area contributed by atoms with Crippen LogP contribution in [0.2, 0.25) is 0 Å². The number of hydrogen-bond acceptors (Lipinski definition) is 4. The number of nitrogens with one attached hydrogen (secondary N) is 1. The highest BCUT2D eigenvalue weighted by Gasteiger charge is 2.16. The first-order chi connectivity index (χ1) is 12.0. The van der Waals surface area contributed by atoms with Crippen molar-refractivity contribution in [3.8, 4) is 5.88 Å². The van der Waals surface area contributed by atoms with Gasteiger partial charge in [-0.1, -0.05) is 34.1 Å². The highest BCUT2D eigenvalue weighted by molar-refractivity contribution is 9.10. The van der Waals surface area contributed by atoms with E-state index in [1.165, 1.54) is 4.57 Å². The van der Waals surface area contributed by atoms with Gasteiger partial charge < -0.3 is 15.0 Å². The lowest BCUT2D eigenvalue weighted by atomic mass is 10.2. The Kier molecular flexibility index (Phi) is 4.62. The number of rotatable bonds is 2. The van der Waals surface area contributed by atoms with Crippen LogP contribution in [0.1, 0.15) is 0 Å². The topological polar surface area (TPSA) is 96.0 Å². The quantitative estimate of drug-likeness (QED) is 0.504. The maximum Gasteiger partial charge on any atom is 0.353 e. The number of anilines is 1. The fourth-order valence-electron chi connectivity index (χ4n) is 2.32. The summed E-state index contributed by atoms with van der Waals surface area (Å²) in [5.74, 6) is -2.10. The van der Waals surface area contributed by atoms with E-state index in [9.17, 15) is 14.7 Å².